The predicted octanol–water partition coefficient (Wildman–Crippen LogP) is 3.64. The summed E-state index contributed by atoms with van der Waals surface area (Å²) in [5.41, 5.74) is 1.02. The molecular weight excluding hydrogens is 274 g/mol. The van der Waals surface area contributed by atoms with Gasteiger partial charge in [-0.3, -0.25) is 4.79 Å². The Bertz CT molecular complexity index is 509. The first kappa shape index (κ1) is 13.7. The molecule has 2 aliphatic rings. The van der Waals surface area contributed by atoms with Gasteiger partial charge in [0.2, 0.25) is 0 Å². The van der Waals surface area contributed by atoms with Gasteiger partial charge in [-0.25, -0.2) is 0 Å². The largest absolute Gasteiger partial charge is 0.483 e. The first-order valence-electron chi connectivity index (χ1n) is 7.34. The Morgan fingerprint density at radius 1 is 1.25 bits per heavy atom. The third-order valence-corrected chi connectivity index (χ3v) is 4.70. The highest BCUT2D eigenvalue weighted by molar-refractivity contribution is 6.30. The summed E-state index contributed by atoms with van der Waals surface area (Å²) in [5.74, 6) is 1.66. The van der Waals surface area contributed by atoms with Crippen LogP contribution in [-0.4, -0.2) is 23.5 Å². The summed E-state index contributed by atoms with van der Waals surface area (Å²) in [6.07, 6.45) is 4.61. The molecule has 4 heteroatoms. The summed E-state index contributed by atoms with van der Waals surface area (Å²) >= 11 is 6.06. The number of halogens is 1. The molecule has 0 aromatic heterocycles. The summed E-state index contributed by atoms with van der Waals surface area (Å²) in [7, 11) is 0. The van der Waals surface area contributed by atoms with Gasteiger partial charge in [-0.05, 0) is 49.8 Å². The van der Waals surface area contributed by atoms with Crippen LogP contribution in [0.2, 0.25) is 5.02 Å². The zero-order valence-electron chi connectivity index (χ0n) is 11.8. The lowest BCUT2D eigenvalue weighted by Gasteiger charge is -2.35. The van der Waals surface area contributed by atoms with Gasteiger partial charge in [0.15, 0.2) is 6.61 Å². The number of hydrogen-bond donors (Lipinski definition) is 0. The van der Waals surface area contributed by atoms with Crippen LogP contribution in [0, 0.1) is 5.92 Å². The quantitative estimate of drug-likeness (QED) is 0.791. The molecule has 1 aromatic carbocycles. The molecule has 20 heavy (non-hydrogen) atoms. The molecule has 0 unspecified atom stereocenters. The summed E-state index contributed by atoms with van der Waals surface area (Å²) in [4.78, 5) is 14.3. The molecule has 1 heterocycles. The minimum absolute atomic E-state index is 0.0943. The Balaban J connectivity index is 1.82. The van der Waals surface area contributed by atoms with Crippen molar-refractivity contribution in [1.29, 1.82) is 0 Å². The molecule has 1 aliphatic carbocycles. The van der Waals surface area contributed by atoms with Crippen LogP contribution in [0.25, 0.3) is 0 Å². The number of carbonyl (C=O) groups excluding carboxylic acids is 1. The Labute approximate surface area is 124 Å². The SMILES string of the molecule is CC1CCC(N2Cc3cc(Cl)ccc3OCC2=O)CC1. The number of nitrogens with zero attached hydrogens (tertiary/aromatic N) is 1. The van der Waals surface area contributed by atoms with E-state index in [4.69, 9.17) is 16.3 Å². The van der Waals surface area contributed by atoms with Crippen LogP contribution in [0.15, 0.2) is 18.2 Å². The molecule has 3 nitrogen and oxygen atoms in total. The van der Waals surface area contributed by atoms with Gasteiger partial charge in [0.25, 0.3) is 5.91 Å². The standard InChI is InChI=1S/C16H20ClNO2/c1-11-2-5-14(6-3-11)18-9-12-8-13(17)4-7-15(12)20-10-16(18)19/h4,7-8,11,14H,2-3,5-6,9-10H2,1H3. The first-order valence-corrected chi connectivity index (χ1v) is 7.72. The van der Waals surface area contributed by atoms with Crippen molar-refractivity contribution in [2.24, 2.45) is 5.92 Å². The molecular formula is C16H20ClNO2. The number of ether oxygens (including phenoxy) is 1. The molecule has 0 atom stereocenters. The number of benzene rings is 1. The van der Waals surface area contributed by atoms with Crippen LogP contribution in [0.5, 0.6) is 5.75 Å². The van der Waals surface area contributed by atoms with E-state index in [1.165, 1.54) is 12.8 Å². The molecule has 0 bridgehead atoms. The van der Waals surface area contributed by atoms with E-state index in [0.717, 1.165) is 30.1 Å². The highest BCUT2D eigenvalue weighted by Crippen LogP contribution is 2.32. The predicted molar refractivity (Wildman–Crippen MR) is 78.9 cm³/mol. The van der Waals surface area contributed by atoms with Crippen LogP contribution in [-0.2, 0) is 11.3 Å². The van der Waals surface area contributed by atoms with Gasteiger partial charge >= 0.3 is 0 Å². The number of rotatable bonds is 1. The van der Waals surface area contributed by atoms with E-state index in [1.807, 2.05) is 23.1 Å². The van der Waals surface area contributed by atoms with Crippen molar-refractivity contribution in [2.45, 2.75) is 45.2 Å². The lowest BCUT2D eigenvalue weighted by Crippen LogP contribution is -2.42. The van der Waals surface area contributed by atoms with Crippen molar-refractivity contribution in [3.8, 4) is 5.75 Å². The highest BCUT2D eigenvalue weighted by Gasteiger charge is 2.30. The minimum atomic E-state index is 0.0943. The van der Waals surface area contributed by atoms with E-state index in [1.54, 1.807) is 0 Å². The fourth-order valence-electron chi connectivity index (χ4n) is 3.19. The van der Waals surface area contributed by atoms with E-state index < -0.39 is 0 Å². The van der Waals surface area contributed by atoms with Gasteiger partial charge < -0.3 is 9.64 Å². The van der Waals surface area contributed by atoms with E-state index in [2.05, 4.69) is 6.92 Å². The number of carbonyl (C=O) groups is 1. The van der Waals surface area contributed by atoms with Crippen molar-refractivity contribution in [1.82, 2.24) is 4.90 Å². The maximum atomic E-state index is 12.3. The molecule has 0 N–H and O–H groups in total. The average Bonchev–Trinajstić information content (AvgIpc) is 2.59. The van der Waals surface area contributed by atoms with Gasteiger partial charge in [-0.2, -0.15) is 0 Å². The van der Waals surface area contributed by atoms with Crippen molar-refractivity contribution >= 4 is 17.5 Å². The maximum Gasteiger partial charge on any atom is 0.261 e. The Morgan fingerprint density at radius 3 is 2.75 bits per heavy atom. The summed E-state index contributed by atoms with van der Waals surface area (Å²) in [6, 6.07) is 5.93. The van der Waals surface area contributed by atoms with E-state index in [9.17, 15) is 4.79 Å². The molecule has 1 aromatic rings. The lowest BCUT2D eigenvalue weighted by molar-refractivity contribution is -0.136. The van der Waals surface area contributed by atoms with Crippen LogP contribution < -0.4 is 4.74 Å². The zero-order chi connectivity index (χ0) is 14.1. The number of hydrogen-bond acceptors (Lipinski definition) is 2. The topological polar surface area (TPSA) is 29.5 Å². The summed E-state index contributed by atoms with van der Waals surface area (Å²) < 4.78 is 5.61. The monoisotopic (exact) mass is 293 g/mol. The number of amides is 1. The maximum absolute atomic E-state index is 12.3. The second-order valence-corrected chi connectivity index (χ2v) is 6.41. The summed E-state index contributed by atoms with van der Waals surface area (Å²) in [6.45, 7) is 3.05. The highest BCUT2D eigenvalue weighted by atomic mass is 35.5. The fraction of sp³-hybridized carbons (Fsp3) is 0.562. The third-order valence-electron chi connectivity index (χ3n) is 4.46. The average molecular weight is 294 g/mol. The molecule has 108 valence electrons. The molecule has 1 saturated carbocycles. The van der Waals surface area contributed by atoms with Gasteiger partial charge in [0, 0.05) is 23.2 Å². The van der Waals surface area contributed by atoms with Crippen molar-refractivity contribution < 1.29 is 9.53 Å². The molecule has 0 saturated heterocycles. The molecule has 1 fully saturated rings. The van der Waals surface area contributed by atoms with Crippen LogP contribution in [0.3, 0.4) is 0 Å². The summed E-state index contributed by atoms with van der Waals surface area (Å²) in [5, 5.41) is 0.693. The zero-order valence-corrected chi connectivity index (χ0v) is 12.5. The Hall–Kier alpha value is -1.22. The molecule has 0 spiro atoms. The van der Waals surface area contributed by atoms with E-state index >= 15 is 0 Å². The van der Waals surface area contributed by atoms with Crippen molar-refractivity contribution in [2.75, 3.05) is 6.61 Å². The van der Waals surface area contributed by atoms with Crippen LogP contribution >= 0.6 is 11.6 Å². The van der Waals surface area contributed by atoms with Crippen molar-refractivity contribution in [3.63, 3.8) is 0 Å². The van der Waals surface area contributed by atoms with Gasteiger partial charge in [0.05, 0.1) is 0 Å². The Morgan fingerprint density at radius 2 is 2.00 bits per heavy atom. The third kappa shape index (κ3) is 2.78. The van der Waals surface area contributed by atoms with Gasteiger partial charge in [-0.1, -0.05) is 18.5 Å². The number of fused-ring (bicyclic) bond motifs is 1. The van der Waals surface area contributed by atoms with Crippen LogP contribution in [0.1, 0.15) is 38.2 Å². The van der Waals surface area contributed by atoms with E-state index in [-0.39, 0.29) is 12.5 Å². The second kappa shape index (κ2) is 5.65. The molecule has 0 radical (unpaired) electrons. The normalized spacial score (nSPS) is 26.7. The van der Waals surface area contributed by atoms with Gasteiger partial charge in [0.1, 0.15) is 5.75 Å². The molecule has 1 aliphatic heterocycles. The minimum Gasteiger partial charge on any atom is -0.483 e. The lowest BCUT2D eigenvalue weighted by atomic mass is 9.86. The molecule has 3 rings (SSSR count). The second-order valence-electron chi connectivity index (χ2n) is 5.98. The van der Waals surface area contributed by atoms with Gasteiger partial charge in [-0.15, -0.1) is 0 Å². The Kier molecular flexibility index (Phi) is 3.88. The van der Waals surface area contributed by atoms with Crippen molar-refractivity contribution in [3.05, 3.63) is 28.8 Å². The van der Waals surface area contributed by atoms with E-state index in [0.29, 0.717) is 17.6 Å². The smallest absolute Gasteiger partial charge is 0.261 e. The fourth-order valence-corrected chi connectivity index (χ4v) is 3.39. The molecule has 1 amide bonds. The first-order chi connectivity index (χ1) is 9.63. The van der Waals surface area contributed by atoms with Crippen LogP contribution in [0.4, 0.5) is 0 Å².